The summed E-state index contributed by atoms with van der Waals surface area (Å²) in [6.07, 6.45) is 0.849. The number of piperidine rings is 1. The van der Waals surface area contributed by atoms with Gasteiger partial charge in [-0.15, -0.1) is 0 Å². The number of benzene rings is 1. The normalized spacial score (nSPS) is 16.3. The summed E-state index contributed by atoms with van der Waals surface area (Å²) in [5, 5.41) is 29.4. The van der Waals surface area contributed by atoms with Crippen molar-refractivity contribution in [3.8, 4) is 6.07 Å². The monoisotopic (exact) mass is 247 g/mol. The van der Waals surface area contributed by atoms with Gasteiger partial charge in [-0.25, -0.2) is 0 Å². The fourth-order valence-electron chi connectivity index (χ4n) is 2.18. The number of rotatable bonds is 2. The molecular weight excluding hydrogens is 234 g/mol. The molecule has 1 saturated heterocycles. The van der Waals surface area contributed by atoms with Gasteiger partial charge in [0, 0.05) is 13.1 Å². The van der Waals surface area contributed by atoms with Gasteiger partial charge < -0.3 is 10.0 Å². The van der Waals surface area contributed by atoms with E-state index in [-0.39, 0.29) is 17.4 Å². The van der Waals surface area contributed by atoms with Crippen LogP contribution in [0.2, 0.25) is 0 Å². The summed E-state index contributed by atoms with van der Waals surface area (Å²) in [5.41, 5.74) is 0.394. The van der Waals surface area contributed by atoms with Gasteiger partial charge in [0.15, 0.2) is 0 Å². The second-order valence-electron chi connectivity index (χ2n) is 4.26. The average molecular weight is 247 g/mol. The van der Waals surface area contributed by atoms with E-state index >= 15 is 0 Å². The maximum absolute atomic E-state index is 11.1. The van der Waals surface area contributed by atoms with Gasteiger partial charge in [0.1, 0.15) is 17.3 Å². The van der Waals surface area contributed by atoms with Gasteiger partial charge in [-0.1, -0.05) is 6.07 Å². The zero-order valence-corrected chi connectivity index (χ0v) is 9.74. The minimum atomic E-state index is -0.515. The smallest absolute Gasteiger partial charge is 0.310 e. The Labute approximate surface area is 104 Å². The minimum absolute atomic E-state index is 0.0728. The number of para-hydroxylation sites is 1. The van der Waals surface area contributed by atoms with Crippen LogP contribution in [-0.2, 0) is 0 Å². The number of anilines is 1. The van der Waals surface area contributed by atoms with E-state index in [0.29, 0.717) is 31.6 Å². The van der Waals surface area contributed by atoms with E-state index < -0.39 is 4.92 Å². The first-order valence-corrected chi connectivity index (χ1v) is 5.74. The first-order valence-electron chi connectivity index (χ1n) is 5.74. The highest BCUT2D eigenvalue weighted by Gasteiger charge is 2.26. The number of nitro groups is 1. The van der Waals surface area contributed by atoms with Crippen LogP contribution >= 0.6 is 0 Å². The average Bonchev–Trinajstić information content (AvgIpc) is 2.38. The highest BCUT2D eigenvalue weighted by molar-refractivity contribution is 5.69. The molecule has 0 atom stereocenters. The Morgan fingerprint density at radius 3 is 2.67 bits per heavy atom. The summed E-state index contributed by atoms with van der Waals surface area (Å²) in [5.74, 6) is 0. The molecule has 94 valence electrons. The third-order valence-electron chi connectivity index (χ3n) is 3.12. The Morgan fingerprint density at radius 1 is 1.44 bits per heavy atom. The molecule has 0 aliphatic carbocycles. The summed E-state index contributed by atoms with van der Waals surface area (Å²) in [7, 11) is 0. The standard InChI is InChI=1S/C12H13N3O3/c13-8-9-2-1-3-11(12(9)15(17)18)14-6-4-10(16)5-7-14/h1-3,10,16H,4-7H2. The van der Waals surface area contributed by atoms with Crippen LogP contribution in [0.1, 0.15) is 18.4 Å². The number of aliphatic hydroxyl groups excluding tert-OH is 1. The van der Waals surface area contributed by atoms with Crippen LogP contribution in [0.5, 0.6) is 0 Å². The first kappa shape index (κ1) is 12.3. The molecule has 6 heteroatoms. The largest absolute Gasteiger partial charge is 0.393 e. The quantitative estimate of drug-likeness (QED) is 0.630. The SMILES string of the molecule is N#Cc1cccc(N2CCC(O)CC2)c1[N+](=O)[O-]. The molecule has 1 aliphatic heterocycles. The molecule has 1 heterocycles. The van der Waals surface area contributed by atoms with Gasteiger partial charge in [-0.05, 0) is 25.0 Å². The van der Waals surface area contributed by atoms with Crippen LogP contribution in [0, 0.1) is 21.4 Å². The van der Waals surface area contributed by atoms with Crippen molar-refractivity contribution < 1.29 is 10.0 Å². The van der Waals surface area contributed by atoms with E-state index in [4.69, 9.17) is 5.26 Å². The Hall–Kier alpha value is -2.13. The van der Waals surface area contributed by atoms with E-state index in [0.717, 1.165) is 0 Å². The number of nitro benzene ring substituents is 1. The van der Waals surface area contributed by atoms with Gasteiger partial charge in [0.25, 0.3) is 0 Å². The maximum atomic E-state index is 11.1. The van der Waals surface area contributed by atoms with Crippen molar-refractivity contribution in [3.05, 3.63) is 33.9 Å². The molecule has 0 saturated carbocycles. The lowest BCUT2D eigenvalue weighted by Gasteiger charge is -2.31. The van der Waals surface area contributed by atoms with E-state index in [9.17, 15) is 15.2 Å². The second kappa shape index (κ2) is 5.02. The maximum Gasteiger partial charge on any atom is 0.310 e. The van der Waals surface area contributed by atoms with Crippen molar-refractivity contribution in [2.45, 2.75) is 18.9 Å². The van der Waals surface area contributed by atoms with Crippen LogP contribution in [0.25, 0.3) is 0 Å². The molecule has 0 unspecified atom stereocenters. The van der Waals surface area contributed by atoms with Crippen LogP contribution in [0.15, 0.2) is 18.2 Å². The molecule has 6 nitrogen and oxygen atoms in total. The Bertz CT molecular complexity index is 502. The molecular formula is C12H13N3O3. The fourth-order valence-corrected chi connectivity index (χ4v) is 2.18. The number of nitriles is 1. The zero-order chi connectivity index (χ0) is 13.1. The Morgan fingerprint density at radius 2 is 2.11 bits per heavy atom. The van der Waals surface area contributed by atoms with Gasteiger partial charge >= 0.3 is 5.69 Å². The molecule has 0 bridgehead atoms. The Kier molecular flexibility index (Phi) is 3.44. The van der Waals surface area contributed by atoms with Crippen LogP contribution in [0.4, 0.5) is 11.4 Å². The molecule has 1 aliphatic rings. The molecule has 0 aromatic heterocycles. The first-order chi connectivity index (χ1) is 8.63. The van der Waals surface area contributed by atoms with Crippen LogP contribution < -0.4 is 4.90 Å². The van der Waals surface area contributed by atoms with Crippen molar-refractivity contribution in [2.75, 3.05) is 18.0 Å². The second-order valence-corrected chi connectivity index (χ2v) is 4.26. The van der Waals surface area contributed by atoms with Gasteiger partial charge in [-0.3, -0.25) is 10.1 Å². The van der Waals surface area contributed by atoms with E-state index in [1.165, 1.54) is 6.07 Å². The van der Waals surface area contributed by atoms with E-state index in [1.807, 2.05) is 11.0 Å². The third-order valence-corrected chi connectivity index (χ3v) is 3.12. The number of hydrogen-bond acceptors (Lipinski definition) is 5. The molecule has 0 radical (unpaired) electrons. The lowest BCUT2D eigenvalue weighted by Crippen LogP contribution is -2.36. The van der Waals surface area contributed by atoms with Crippen LogP contribution in [0.3, 0.4) is 0 Å². The predicted octanol–water partition coefficient (Wildman–Crippen LogP) is 1.43. The number of hydrogen-bond donors (Lipinski definition) is 1. The highest BCUT2D eigenvalue weighted by Crippen LogP contribution is 2.32. The summed E-state index contributed by atoms with van der Waals surface area (Å²) >= 11 is 0. The number of nitrogens with zero attached hydrogens (tertiary/aromatic N) is 3. The number of aliphatic hydroxyl groups is 1. The van der Waals surface area contributed by atoms with Crippen molar-refractivity contribution in [1.82, 2.24) is 0 Å². The zero-order valence-electron chi connectivity index (χ0n) is 9.74. The highest BCUT2D eigenvalue weighted by atomic mass is 16.6. The molecule has 1 fully saturated rings. The third kappa shape index (κ3) is 2.26. The van der Waals surface area contributed by atoms with Crippen molar-refractivity contribution >= 4 is 11.4 Å². The van der Waals surface area contributed by atoms with E-state index in [2.05, 4.69) is 0 Å². The lowest BCUT2D eigenvalue weighted by molar-refractivity contribution is -0.384. The molecule has 0 amide bonds. The molecule has 18 heavy (non-hydrogen) atoms. The molecule has 1 aromatic carbocycles. The van der Waals surface area contributed by atoms with Crippen molar-refractivity contribution in [2.24, 2.45) is 0 Å². The molecule has 1 aromatic rings. The van der Waals surface area contributed by atoms with E-state index in [1.54, 1.807) is 12.1 Å². The van der Waals surface area contributed by atoms with Gasteiger partial charge in [0.05, 0.1) is 11.0 Å². The molecule has 1 N–H and O–H groups in total. The van der Waals surface area contributed by atoms with Crippen LogP contribution in [-0.4, -0.2) is 29.2 Å². The summed E-state index contributed by atoms with van der Waals surface area (Å²) in [6, 6.07) is 6.59. The summed E-state index contributed by atoms with van der Waals surface area (Å²) in [4.78, 5) is 12.4. The topological polar surface area (TPSA) is 90.4 Å². The van der Waals surface area contributed by atoms with Gasteiger partial charge in [-0.2, -0.15) is 5.26 Å². The summed E-state index contributed by atoms with van der Waals surface area (Å²) < 4.78 is 0. The van der Waals surface area contributed by atoms with Crippen molar-refractivity contribution in [1.29, 1.82) is 5.26 Å². The summed E-state index contributed by atoms with van der Waals surface area (Å²) in [6.45, 7) is 1.13. The lowest BCUT2D eigenvalue weighted by atomic mass is 10.1. The Balaban J connectivity index is 2.39. The molecule has 0 spiro atoms. The van der Waals surface area contributed by atoms with Gasteiger partial charge in [0.2, 0.25) is 0 Å². The van der Waals surface area contributed by atoms with Crippen molar-refractivity contribution in [3.63, 3.8) is 0 Å². The minimum Gasteiger partial charge on any atom is -0.393 e. The fraction of sp³-hybridized carbons (Fsp3) is 0.417. The molecule has 2 rings (SSSR count). The predicted molar refractivity (Wildman–Crippen MR) is 65.3 cm³/mol.